The molecular formula is C23H28ClN3O7. The molecule has 4 N–H and O–H groups in total. The molecular weight excluding hydrogens is 466 g/mol. The van der Waals surface area contributed by atoms with Gasteiger partial charge in [-0.25, -0.2) is 9.59 Å². The van der Waals surface area contributed by atoms with Gasteiger partial charge in [0.15, 0.2) is 0 Å². The minimum Gasteiger partial charge on any atom is -0.510 e. The number of amides is 4. The van der Waals surface area contributed by atoms with Crippen molar-refractivity contribution in [3.63, 3.8) is 0 Å². The van der Waals surface area contributed by atoms with Crippen molar-refractivity contribution in [2.75, 3.05) is 20.2 Å². The minimum absolute atomic E-state index is 0.00798. The molecule has 0 aromatic heterocycles. The number of hydrogen-bond donors (Lipinski definition) is 4. The number of aliphatic hydroxyl groups is 1. The molecule has 2 atom stereocenters. The highest BCUT2D eigenvalue weighted by Gasteiger charge is 2.35. The zero-order valence-corrected chi connectivity index (χ0v) is 19.9. The number of allylic oxidation sites excluding steroid dienone is 2. The van der Waals surface area contributed by atoms with Crippen molar-refractivity contribution in [1.29, 1.82) is 0 Å². The summed E-state index contributed by atoms with van der Waals surface area (Å²) < 4.78 is 5.33. The summed E-state index contributed by atoms with van der Waals surface area (Å²) in [4.78, 5) is 50.0. The average Bonchev–Trinajstić information content (AvgIpc) is 2.94. The van der Waals surface area contributed by atoms with Crippen LogP contribution in [-0.4, -0.2) is 65.2 Å². The minimum atomic E-state index is -1.15. The van der Waals surface area contributed by atoms with Gasteiger partial charge < -0.3 is 25.6 Å². The van der Waals surface area contributed by atoms with Crippen molar-refractivity contribution in [3.8, 4) is 5.75 Å². The number of rotatable bonds is 8. The van der Waals surface area contributed by atoms with E-state index in [9.17, 15) is 24.3 Å². The number of imide groups is 1. The van der Waals surface area contributed by atoms with Crippen molar-refractivity contribution in [1.82, 2.24) is 15.5 Å². The topological polar surface area (TPSA) is 145 Å². The van der Waals surface area contributed by atoms with E-state index in [0.29, 0.717) is 16.3 Å². The van der Waals surface area contributed by atoms with E-state index in [1.54, 1.807) is 25.1 Å². The van der Waals surface area contributed by atoms with Crippen molar-refractivity contribution in [2.24, 2.45) is 5.92 Å². The molecule has 11 heteroatoms. The van der Waals surface area contributed by atoms with Gasteiger partial charge in [-0.1, -0.05) is 18.5 Å². The van der Waals surface area contributed by atoms with E-state index in [0.717, 1.165) is 4.90 Å². The second-order valence-corrected chi connectivity index (χ2v) is 8.18. The van der Waals surface area contributed by atoms with Crippen molar-refractivity contribution < 1.29 is 34.1 Å². The number of benzene rings is 1. The summed E-state index contributed by atoms with van der Waals surface area (Å²) in [6.45, 7) is 2.59. The maximum atomic E-state index is 13.2. The Labute approximate surface area is 202 Å². The van der Waals surface area contributed by atoms with Gasteiger partial charge in [0, 0.05) is 17.1 Å². The van der Waals surface area contributed by atoms with Gasteiger partial charge in [-0.05, 0) is 55.7 Å². The summed E-state index contributed by atoms with van der Waals surface area (Å²) in [5.41, 5.74) is 0.642. The first kappa shape index (κ1) is 26.7. The number of aliphatic hydroxyl groups excluding tert-OH is 1. The molecule has 1 saturated heterocycles. The number of hydrogen-bond acceptors (Lipinski definition) is 6. The Balaban J connectivity index is 2.22. The first-order valence-electron chi connectivity index (χ1n) is 10.6. The Hall–Kier alpha value is -3.53. The molecule has 1 aromatic carbocycles. The Morgan fingerprint density at radius 1 is 1.32 bits per heavy atom. The van der Waals surface area contributed by atoms with E-state index in [2.05, 4.69) is 10.6 Å². The van der Waals surface area contributed by atoms with Crippen LogP contribution in [0.15, 0.2) is 41.7 Å². The summed E-state index contributed by atoms with van der Waals surface area (Å²) in [5.74, 6) is -2.74. The highest BCUT2D eigenvalue weighted by atomic mass is 35.5. The summed E-state index contributed by atoms with van der Waals surface area (Å²) in [7, 11) is 1.49. The number of nitrogens with zero attached hydrogens (tertiary/aromatic N) is 1. The van der Waals surface area contributed by atoms with E-state index in [1.807, 2.05) is 0 Å². The van der Waals surface area contributed by atoms with E-state index < -0.39 is 42.3 Å². The number of carboxylic acid groups (broad SMARTS) is 1. The van der Waals surface area contributed by atoms with Crippen molar-refractivity contribution in [2.45, 2.75) is 32.7 Å². The Morgan fingerprint density at radius 3 is 2.65 bits per heavy atom. The number of carbonyl (C=O) groups is 4. The van der Waals surface area contributed by atoms with Gasteiger partial charge >= 0.3 is 12.0 Å². The first-order valence-corrected chi connectivity index (χ1v) is 11.0. The van der Waals surface area contributed by atoms with E-state index in [1.165, 1.54) is 26.2 Å². The van der Waals surface area contributed by atoms with Crippen LogP contribution < -0.4 is 15.4 Å². The third-order valence-corrected chi connectivity index (χ3v) is 5.56. The van der Waals surface area contributed by atoms with Gasteiger partial charge in [0.05, 0.1) is 19.1 Å². The van der Waals surface area contributed by atoms with E-state index in [-0.39, 0.29) is 30.7 Å². The number of methoxy groups -OCH3 is 1. The van der Waals surface area contributed by atoms with E-state index >= 15 is 0 Å². The fourth-order valence-corrected chi connectivity index (χ4v) is 3.53. The first-order chi connectivity index (χ1) is 16.1. The van der Waals surface area contributed by atoms with Crippen LogP contribution in [0.4, 0.5) is 4.79 Å². The highest BCUT2D eigenvalue weighted by Crippen LogP contribution is 2.26. The zero-order chi connectivity index (χ0) is 25.4. The van der Waals surface area contributed by atoms with Crippen LogP contribution in [0.25, 0.3) is 0 Å². The lowest BCUT2D eigenvalue weighted by Gasteiger charge is -2.25. The number of nitrogens with one attached hydrogen (secondary N) is 2. The lowest BCUT2D eigenvalue weighted by atomic mass is 9.97. The summed E-state index contributed by atoms with van der Waals surface area (Å²) in [6, 6.07) is 3.24. The molecule has 0 aliphatic carbocycles. The molecule has 0 radical (unpaired) electrons. The Bertz CT molecular complexity index is 1020. The molecule has 10 nitrogen and oxygen atoms in total. The fraction of sp³-hybridized carbons (Fsp3) is 0.391. The molecule has 1 fully saturated rings. The van der Waals surface area contributed by atoms with Crippen LogP contribution in [0.2, 0.25) is 5.02 Å². The number of halogens is 1. The van der Waals surface area contributed by atoms with Gasteiger partial charge in [-0.2, -0.15) is 0 Å². The Morgan fingerprint density at radius 2 is 2.03 bits per heavy atom. The van der Waals surface area contributed by atoms with Gasteiger partial charge in [0.2, 0.25) is 11.8 Å². The van der Waals surface area contributed by atoms with Crippen LogP contribution in [0, 0.1) is 5.92 Å². The molecule has 184 valence electrons. The fourth-order valence-electron chi connectivity index (χ4n) is 3.34. The molecule has 0 saturated carbocycles. The average molecular weight is 494 g/mol. The SMILES string of the molecule is CCC(NC(=O)N1CC(=O)NC[C@@H](Cc2cc(Cl)ccc2OC)C1=O)/C(O)=C/C=C(\C)C(=O)O. The highest BCUT2D eigenvalue weighted by molar-refractivity contribution is 6.30. The number of carbonyl (C=O) groups excluding carboxylic acids is 3. The predicted octanol–water partition coefficient (Wildman–Crippen LogP) is 2.43. The Kier molecular flexibility index (Phi) is 9.49. The molecule has 1 heterocycles. The maximum Gasteiger partial charge on any atom is 0.331 e. The second kappa shape index (κ2) is 12.1. The molecule has 34 heavy (non-hydrogen) atoms. The van der Waals surface area contributed by atoms with Crippen LogP contribution in [-0.2, 0) is 20.8 Å². The van der Waals surface area contributed by atoms with Crippen LogP contribution in [0.3, 0.4) is 0 Å². The molecule has 1 unspecified atom stereocenters. The van der Waals surface area contributed by atoms with Gasteiger partial charge in [-0.15, -0.1) is 0 Å². The van der Waals surface area contributed by atoms with Crippen LogP contribution >= 0.6 is 11.6 Å². The van der Waals surface area contributed by atoms with Crippen molar-refractivity contribution >= 4 is 35.4 Å². The lowest BCUT2D eigenvalue weighted by molar-refractivity contribution is -0.133. The van der Waals surface area contributed by atoms with Gasteiger partial charge in [-0.3, -0.25) is 14.5 Å². The summed E-state index contributed by atoms with van der Waals surface area (Å²) in [5, 5.41) is 24.8. The van der Waals surface area contributed by atoms with Gasteiger partial charge in [0.1, 0.15) is 18.1 Å². The lowest BCUT2D eigenvalue weighted by Crippen LogP contribution is -2.50. The molecule has 1 aliphatic rings. The second-order valence-electron chi connectivity index (χ2n) is 7.74. The van der Waals surface area contributed by atoms with Crippen LogP contribution in [0.5, 0.6) is 5.75 Å². The molecule has 1 aromatic rings. The number of carboxylic acids is 1. The number of urea groups is 1. The largest absolute Gasteiger partial charge is 0.510 e. The van der Waals surface area contributed by atoms with Crippen molar-refractivity contribution in [3.05, 3.63) is 52.3 Å². The van der Waals surface area contributed by atoms with Crippen LogP contribution in [0.1, 0.15) is 25.8 Å². The summed E-state index contributed by atoms with van der Waals surface area (Å²) in [6.07, 6.45) is 2.80. The summed E-state index contributed by atoms with van der Waals surface area (Å²) >= 11 is 6.08. The third-order valence-electron chi connectivity index (χ3n) is 5.32. The molecule has 2 rings (SSSR count). The quantitative estimate of drug-likeness (QED) is 0.247. The normalized spacial score (nSPS) is 18.1. The maximum absolute atomic E-state index is 13.2. The zero-order valence-electron chi connectivity index (χ0n) is 19.1. The standard InChI is InChI=1S/C23H28ClN3O7/c1-4-17(18(28)7-5-13(2)22(31)32)26-23(33)27-12-20(29)25-11-15(21(27)30)9-14-10-16(24)6-8-19(14)34-3/h5-8,10,15,17,28H,4,9,11-12H2,1-3H3,(H,25,29)(H,26,33)(H,31,32)/b13-5+,18-7-/t15-,17?/m1/s1. The molecule has 0 bridgehead atoms. The predicted molar refractivity (Wildman–Crippen MR) is 125 cm³/mol. The van der Waals surface area contributed by atoms with Gasteiger partial charge in [0.25, 0.3) is 0 Å². The smallest absolute Gasteiger partial charge is 0.331 e. The molecule has 0 spiro atoms. The number of ether oxygens (including phenoxy) is 1. The van der Waals surface area contributed by atoms with E-state index in [4.69, 9.17) is 21.4 Å². The number of aliphatic carboxylic acids is 1. The molecule has 1 aliphatic heterocycles. The third kappa shape index (κ3) is 6.98. The monoisotopic (exact) mass is 493 g/mol. The molecule has 4 amide bonds.